The van der Waals surface area contributed by atoms with Gasteiger partial charge in [0.25, 0.3) is 0 Å². The fraction of sp³-hybridized carbons (Fsp3) is 0.444. The van der Waals surface area contributed by atoms with Gasteiger partial charge in [-0.05, 0) is 38.7 Å². The molecule has 1 aliphatic rings. The molecule has 0 aliphatic heterocycles. The Kier molecular flexibility index (Phi) is 4.82. The van der Waals surface area contributed by atoms with E-state index in [2.05, 4.69) is 27.6 Å². The predicted octanol–water partition coefficient (Wildman–Crippen LogP) is 2.69. The summed E-state index contributed by atoms with van der Waals surface area (Å²) in [6, 6.07) is 10.3. The molecular formula is C18H21N5OS. The molecule has 1 aromatic carbocycles. The monoisotopic (exact) mass is 355 g/mol. The summed E-state index contributed by atoms with van der Waals surface area (Å²) in [6.45, 7) is 3.83. The van der Waals surface area contributed by atoms with E-state index < -0.39 is 5.54 Å². The van der Waals surface area contributed by atoms with Gasteiger partial charge in [-0.25, -0.2) is 0 Å². The van der Waals surface area contributed by atoms with Gasteiger partial charge in [0.2, 0.25) is 5.91 Å². The Balaban J connectivity index is 1.64. The molecule has 6 nitrogen and oxygen atoms in total. The van der Waals surface area contributed by atoms with Crippen molar-refractivity contribution in [2.24, 2.45) is 13.0 Å². The molecule has 1 aromatic heterocycles. The predicted molar refractivity (Wildman–Crippen MR) is 96.8 cm³/mol. The molecular weight excluding hydrogens is 334 g/mol. The summed E-state index contributed by atoms with van der Waals surface area (Å²) in [5.41, 5.74) is 1.39. The molecule has 1 fully saturated rings. The minimum absolute atomic E-state index is 0.152. The van der Waals surface area contributed by atoms with Crippen molar-refractivity contribution in [3.05, 3.63) is 29.8 Å². The largest absolute Gasteiger partial charge is 0.337 e. The number of rotatable bonds is 6. The minimum Gasteiger partial charge on any atom is -0.337 e. The third-order valence-corrected chi connectivity index (χ3v) is 5.49. The van der Waals surface area contributed by atoms with E-state index in [1.807, 2.05) is 36.7 Å². The van der Waals surface area contributed by atoms with Gasteiger partial charge in [-0.3, -0.25) is 4.79 Å². The summed E-state index contributed by atoms with van der Waals surface area (Å²) >= 11 is 1.33. The number of amides is 1. The lowest BCUT2D eigenvalue weighted by atomic mass is 9.98. The van der Waals surface area contributed by atoms with E-state index in [9.17, 15) is 10.1 Å². The Morgan fingerprint density at radius 3 is 2.88 bits per heavy atom. The first kappa shape index (κ1) is 17.5. The molecule has 1 aliphatic carbocycles. The van der Waals surface area contributed by atoms with Crippen molar-refractivity contribution in [2.45, 2.75) is 37.4 Å². The Morgan fingerprint density at radius 2 is 2.24 bits per heavy atom. The molecule has 130 valence electrons. The quantitative estimate of drug-likeness (QED) is 0.806. The van der Waals surface area contributed by atoms with Crippen LogP contribution in [0.4, 0.5) is 0 Å². The third kappa shape index (κ3) is 3.85. The van der Waals surface area contributed by atoms with E-state index >= 15 is 0 Å². The maximum atomic E-state index is 12.2. The summed E-state index contributed by atoms with van der Waals surface area (Å²) in [7, 11) is 1.89. The molecule has 1 amide bonds. The molecule has 0 saturated heterocycles. The molecule has 1 N–H and O–H groups in total. The zero-order chi connectivity index (χ0) is 18.0. The van der Waals surface area contributed by atoms with Crippen molar-refractivity contribution in [3.63, 3.8) is 0 Å². The van der Waals surface area contributed by atoms with E-state index in [1.165, 1.54) is 11.8 Å². The molecule has 0 radical (unpaired) electrons. The van der Waals surface area contributed by atoms with Gasteiger partial charge in [-0.15, -0.1) is 10.2 Å². The van der Waals surface area contributed by atoms with Crippen LogP contribution in [0.1, 0.15) is 25.3 Å². The number of hydrogen-bond donors (Lipinski definition) is 1. The summed E-state index contributed by atoms with van der Waals surface area (Å²) in [5.74, 6) is 1.10. The Morgan fingerprint density at radius 1 is 1.48 bits per heavy atom. The molecule has 1 heterocycles. The molecule has 0 spiro atoms. The Hall–Kier alpha value is -2.33. The highest BCUT2D eigenvalue weighted by atomic mass is 32.2. The van der Waals surface area contributed by atoms with Crippen molar-refractivity contribution >= 4 is 17.7 Å². The van der Waals surface area contributed by atoms with Gasteiger partial charge in [0.1, 0.15) is 5.54 Å². The Labute approximate surface area is 151 Å². The van der Waals surface area contributed by atoms with Gasteiger partial charge in [-0.2, -0.15) is 5.26 Å². The first-order valence-corrected chi connectivity index (χ1v) is 9.23. The van der Waals surface area contributed by atoms with Crippen LogP contribution in [0.15, 0.2) is 29.4 Å². The van der Waals surface area contributed by atoms with Gasteiger partial charge in [-0.1, -0.05) is 35.5 Å². The zero-order valence-corrected chi connectivity index (χ0v) is 15.4. The van der Waals surface area contributed by atoms with Crippen molar-refractivity contribution in [1.29, 1.82) is 5.26 Å². The molecule has 3 rings (SSSR count). The van der Waals surface area contributed by atoms with Crippen LogP contribution in [0.25, 0.3) is 11.4 Å². The molecule has 1 saturated carbocycles. The number of nitriles is 1. The minimum atomic E-state index is -0.760. The lowest BCUT2D eigenvalue weighted by Crippen LogP contribution is -2.47. The molecule has 25 heavy (non-hydrogen) atoms. The number of nitrogens with one attached hydrogen (secondary N) is 1. The molecule has 7 heteroatoms. The van der Waals surface area contributed by atoms with E-state index in [1.54, 1.807) is 6.92 Å². The fourth-order valence-electron chi connectivity index (χ4n) is 2.81. The highest BCUT2D eigenvalue weighted by Gasteiger charge is 2.42. The number of thioether (sulfide) groups is 1. The van der Waals surface area contributed by atoms with Crippen LogP contribution in [-0.2, 0) is 11.8 Å². The maximum absolute atomic E-state index is 12.2. The third-order valence-electron chi connectivity index (χ3n) is 4.47. The smallest absolute Gasteiger partial charge is 0.231 e. The number of hydrogen-bond acceptors (Lipinski definition) is 5. The Bertz CT molecular complexity index is 836. The van der Waals surface area contributed by atoms with Gasteiger partial charge in [0.15, 0.2) is 11.0 Å². The molecule has 1 unspecified atom stereocenters. The van der Waals surface area contributed by atoms with Crippen LogP contribution in [0.5, 0.6) is 0 Å². The van der Waals surface area contributed by atoms with Gasteiger partial charge in [0.05, 0.1) is 11.8 Å². The molecule has 0 bridgehead atoms. The average Bonchev–Trinajstić information content (AvgIpc) is 3.38. The van der Waals surface area contributed by atoms with E-state index in [4.69, 9.17) is 0 Å². The van der Waals surface area contributed by atoms with Crippen molar-refractivity contribution < 1.29 is 4.79 Å². The number of aryl methyl sites for hydroxylation is 1. The number of aromatic nitrogens is 3. The van der Waals surface area contributed by atoms with Gasteiger partial charge in [0, 0.05) is 12.6 Å². The first-order chi connectivity index (χ1) is 11.9. The summed E-state index contributed by atoms with van der Waals surface area (Å²) in [5, 5.41) is 21.3. The maximum Gasteiger partial charge on any atom is 0.231 e. The zero-order valence-electron chi connectivity index (χ0n) is 14.6. The second-order valence-corrected chi connectivity index (χ2v) is 7.60. The topological polar surface area (TPSA) is 83.6 Å². The van der Waals surface area contributed by atoms with Crippen LogP contribution >= 0.6 is 11.8 Å². The number of carbonyl (C=O) groups is 1. The first-order valence-electron chi connectivity index (χ1n) is 8.24. The lowest BCUT2D eigenvalue weighted by Gasteiger charge is -2.22. The van der Waals surface area contributed by atoms with Crippen LogP contribution in [-0.4, -0.2) is 32.0 Å². The highest BCUT2D eigenvalue weighted by molar-refractivity contribution is 7.99. The van der Waals surface area contributed by atoms with Crippen LogP contribution < -0.4 is 5.32 Å². The highest BCUT2D eigenvalue weighted by Crippen LogP contribution is 2.39. The summed E-state index contributed by atoms with van der Waals surface area (Å²) < 4.78 is 1.89. The van der Waals surface area contributed by atoms with Crippen molar-refractivity contribution in [2.75, 3.05) is 5.75 Å². The SMILES string of the molecule is Cc1cccc(-c2nnc(SCC(=O)NC(C)(C#N)C3CC3)n2C)c1. The van der Waals surface area contributed by atoms with Crippen molar-refractivity contribution in [3.8, 4) is 17.5 Å². The summed E-state index contributed by atoms with van der Waals surface area (Å²) in [4.78, 5) is 12.2. The number of nitrogens with zero attached hydrogens (tertiary/aromatic N) is 4. The number of carbonyl (C=O) groups excluding carboxylic acids is 1. The van der Waals surface area contributed by atoms with Gasteiger partial charge >= 0.3 is 0 Å². The standard InChI is InChI=1S/C18H21N5OS/c1-12-5-4-6-13(9-12)16-21-22-17(23(16)3)25-10-15(24)20-18(2,11-19)14-7-8-14/h4-6,9,14H,7-8,10H2,1-3H3,(H,20,24). The van der Waals surface area contributed by atoms with E-state index in [0.717, 1.165) is 29.8 Å². The fourth-order valence-corrected chi connectivity index (χ4v) is 3.52. The normalized spacial score (nSPS) is 16.1. The van der Waals surface area contributed by atoms with Crippen molar-refractivity contribution in [1.82, 2.24) is 20.1 Å². The number of benzene rings is 1. The lowest BCUT2D eigenvalue weighted by molar-refractivity contribution is -0.119. The van der Waals surface area contributed by atoms with Crippen LogP contribution in [0.3, 0.4) is 0 Å². The second-order valence-electron chi connectivity index (χ2n) is 6.66. The molecule has 2 aromatic rings. The average molecular weight is 355 g/mol. The van der Waals surface area contributed by atoms with Crippen LogP contribution in [0.2, 0.25) is 0 Å². The summed E-state index contributed by atoms with van der Waals surface area (Å²) in [6.07, 6.45) is 2.00. The van der Waals surface area contributed by atoms with Crippen LogP contribution in [0, 0.1) is 24.2 Å². The molecule has 1 atom stereocenters. The van der Waals surface area contributed by atoms with E-state index in [-0.39, 0.29) is 17.6 Å². The van der Waals surface area contributed by atoms with Gasteiger partial charge < -0.3 is 9.88 Å². The second kappa shape index (κ2) is 6.89. The van der Waals surface area contributed by atoms with E-state index in [0.29, 0.717) is 5.16 Å².